The van der Waals surface area contributed by atoms with Crippen molar-refractivity contribution in [1.82, 2.24) is 9.03 Å². The van der Waals surface area contributed by atoms with Crippen LogP contribution in [0, 0.1) is 10.1 Å². The molecule has 158 valence electrons. The van der Waals surface area contributed by atoms with Gasteiger partial charge in [0.2, 0.25) is 0 Å². The molecule has 1 aliphatic rings. The van der Waals surface area contributed by atoms with E-state index in [2.05, 4.69) is 15.9 Å². The molecule has 0 spiro atoms. The number of non-ortho nitro benzene ring substituents is 1. The third kappa shape index (κ3) is 4.17. The Labute approximate surface area is 186 Å². The second-order valence-electron chi connectivity index (χ2n) is 6.94. The molecular formula is C21H16BrN3O5S. The van der Waals surface area contributed by atoms with Gasteiger partial charge in [-0.15, -0.1) is 0 Å². The summed E-state index contributed by atoms with van der Waals surface area (Å²) in [5.41, 5.74) is 1.61. The highest BCUT2D eigenvalue weighted by molar-refractivity contribution is 9.12. The number of hydrogen-bond donors (Lipinski definition) is 1. The Kier molecular flexibility index (Phi) is 5.50. The Morgan fingerprint density at radius 1 is 1.00 bits per heavy atom. The van der Waals surface area contributed by atoms with Gasteiger partial charge in [-0.05, 0) is 37.8 Å². The summed E-state index contributed by atoms with van der Waals surface area (Å²) in [5.74, 6) is -0.741. The Morgan fingerprint density at radius 3 is 2.39 bits per heavy atom. The first kappa shape index (κ1) is 21.0. The molecule has 1 heterocycles. The molecule has 1 aliphatic heterocycles. The lowest BCUT2D eigenvalue weighted by Crippen LogP contribution is -2.48. The molecule has 10 heteroatoms. The summed E-state index contributed by atoms with van der Waals surface area (Å²) >= 11 is 3.25. The van der Waals surface area contributed by atoms with Gasteiger partial charge in [-0.1, -0.05) is 54.6 Å². The van der Waals surface area contributed by atoms with Crippen LogP contribution < -0.4 is 4.72 Å². The lowest BCUT2D eigenvalue weighted by atomic mass is 10.0. The molecule has 0 atom stereocenters. The number of amides is 1. The van der Waals surface area contributed by atoms with Crippen LogP contribution in [0.15, 0.2) is 76.9 Å². The number of carbonyl (C=O) groups excluding carboxylic acids is 1. The molecule has 31 heavy (non-hydrogen) atoms. The van der Waals surface area contributed by atoms with Crippen molar-refractivity contribution in [3.05, 3.63) is 98.2 Å². The van der Waals surface area contributed by atoms with Crippen LogP contribution in [0.2, 0.25) is 0 Å². The minimum absolute atomic E-state index is 0.0875. The van der Waals surface area contributed by atoms with Gasteiger partial charge in [-0.25, -0.2) is 4.72 Å². The quantitative estimate of drug-likeness (QED) is 0.422. The maximum Gasteiger partial charge on any atom is 0.326 e. The van der Waals surface area contributed by atoms with Crippen LogP contribution in [-0.4, -0.2) is 23.6 Å². The van der Waals surface area contributed by atoms with E-state index in [1.807, 2.05) is 47.2 Å². The molecule has 0 unspecified atom stereocenters. The molecule has 0 saturated heterocycles. The van der Waals surface area contributed by atoms with Gasteiger partial charge < -0.3 is 0 Å². The molecule has 3 aromatic carbocycles. The molecular weight excluding hydrogens is 486 g/mol. The summed E-state index contributed by atoms with van der Waals surface area (Å²) in [5, 5.41) is 12.8. The second-order valence-corrected chi connectivity index (χ2v) is 9.33. The number of allylic oxidation sites excluding steroid dienone is 1. The Morgan fingerprint density at radius 2 is 1.68 bits per heavy atom. The topological polar surface area (TPSA) is 110 Å². The van der Waals surface area contributed by atoms with Crippen LogP contribution in [0.5, 0.6) is 0 Å². The van der Waals surface area contributed by atoms with E-state index in [1.165, 1.54) is 24.3 Å². The van der Waals surface area contributed by atoms with Crippen LogP contribution >= 0.6 is 15.9 Å². The molecule has 0 fully saturated rings. The number of nitro groups is 1. The minimum Gasteiger partial charge on any atom is -0.267 e. The summed E-state index contributed by atoms with van der Waals surface area (Å²) < 4.78 is 28.9. The first-order valence-corrected chi connectivity index (χ1v) is 11.4. The summed E-state index contributed by atoms with van der Waals surface area (Å²) in [4.78, 5) is 22.7. The number of nitrogens with zero attached hydrogens (tertiary/aromatic N) is 2. The first-order chi connectivity index (χ1) is 14.8. The van der Waals surface area contributed by atoms with Gasteiger partial charge in [0, 0.05) is 18.6 Å². The first-order valence-electron chi connectivity index (χ1n) is 9.20. The van der Waals surface area contributed by atoms with Crippen LogP contribution in [0.25, 0.3) is 10.8 Å². The molecule has 0 bridgehead atoms. The zero-order valence-corrected chi connectivity index (χ0v) is 18.4. The number of benzene rings is 3. The van der Waals surface area contributed by atoms with Crippen molar-refractivity contribution in [3.8, 4) is 0 Å². The molecule has 4 rings (SSSR count). The van der Waals surface area contributed by atoms with Crippen molar-refractivity contribution in [1.29, 1.82) is 0 Å². The zero-order chi connectivity index (χ0) is 22.2. The number of nitro benzene ring substituents is 1. The fourth-order valence-corrected chi connectivity index (χ4v) is 5.38. The molecule has 8 nitrogen and oxygen atoms in total. The number of fused-ring (bicyclic) bond motifs is 1. The van der Waals surface area contributed by atoms with Crippen LogP contribution in [0.3, 0.4) is 0 Å². The average Bonchev–Trinajstić information content (AvgIpc) is 2.74. The van der Waals surface area contributed by atoms with E-state index in [1.54, 1.807) is 0 Å². The average molecular weight is 502 g/mol. The summed E-state index contributed by atoms with van der Waals surface area (Å²) in [6, 6.07) is 19.1. The van der Waals surface area contributed by atoms with Gasteiger partial charge in [0.25, 0.3) is 11.6 Å². The largest absolute Gasteiger partial charge is 0.326 e. The van der Waals surface area contributed by atoms with E-state index in [0.717, 1.165) is 20.6 Å². The fraction of sp³-hybridized carbons (Fsp3) is 0.0952. The Balaban J connectivity index is 1.75. The summed E-state index contributed by atoms with van der Waals surface area (Å²) in [6.07, 6.45) is 0.196. The van der Waals surface area contributed by atoms with Crippen molar-refractivity contribution in [2.24, 2.45) is 0 Å². The molecule has 0 saturated carbocycles. The SMILES string of the molecule is O=C1NS(=O)(=O)N(Cc2ccc([N+](=O)[O-])cc2)C(Cc2cccc3ccccc23)=C1Br. The normalized spacial score (nSPS) is 15.8. The van der Waals surface area contributed by atoms with Crippen LogP contribution in [-0.2, 0) is 28.0 Å². The molecule has 0 radical (unpaired) electrons. The van der Waals surface area contributed by atoms with Gasteiger partial charge in [0.1, 0.15) is 4.48 Å². The third-order valence-electron chi connectivity index (χ3n) is 4.98. The highest BCUT2D eigenvalue weighted by Crippen LogP contribution is 2.31. The lowest BCUT2D eigenvalue weighted by Gasteiger charge is -2.31. The Bertz CT molecular complexity index is 1330. The minimum atomic E-state index is -4.14. The molecule has 1 amide bonds. The van der Waals surface area contributed by atoms with Gasteiger partial charge in [0.05, 0.1) is 17.2 Å². The fourth-order valence-electron chi connectivity index (χ4n) is 3.46. The molecule has 0 aromatic heterocycles. The van der Waals surface area contributed by atoms with Crippen LogP contribution in [0.4, 0.5) is 5.69 Å². The highest BCUT2D eigenvalue weighted by atomic mass is 79.9. The van der Waals surface area contributed by atoms with E-state index >= 15 is 0 Å². The predicted molar refractivity (Wildman–Crippen MR) is 119 cm³/mol. The molecule has 3 aromatic rings. The number of halogens is 1. The highest BCUT2D eigenvalue weighted by Gasteiger charge is 2.35. The van der Waals surface area contributed by atoms with Crippen LogP contribution in [0.1, 0.15) is 11.1 Å². The number of carbonyl (C=O) groups is 1. The summed E-state index contributed by atoms with van der Waals surface area (Å²) in [6.45, 7) is -0.0875. The van der Waals surface area contributed by atoms with Crippen molar-refractivity contribution in [3.63, 3.8) is 0 Å². The van der Waals surface area contributed by atoms with E-state index in [4.69, 9.17) is 0 Å². The van der Waals surface area contributed by atoms with E-state index in [-0.39, 0.29) is 23.1 Å². The van der Waals surface area contributed by atoms with Crippen molar-refractivity contribution in [2.45, 2.75) is 13.0 Å². The lowest BCUT2D eigenvalue weighted by molar-refractivity contribution is -0.384. The maximum absolute atomic E-state index is 12.8. The number of nitrogens with one attached hydrogen (secondary N) is 1. The monoisotopic (exact) mass is 501 g/mol. The zero-order valence-electron chi connectivity index (χ0n) is 16.0. The van der Waals surface area contributed by atoms with Gasteiger partial charge in [-0.2, -0.15) is 8.42 Å². The van der Waals surface area contributed by atoms with E-state index in [9.17, 15) is 23.3 Å². The molecule has 1 N–H and O–H groups in total. The van der Waals surface area contributed by atoms with E-state index < -0.39 is 21.0 Å². The molecule has 0 aliphatic carbocycles. The smallest absolute Gasteiger partial charge is 0.267 e. The van der Waals surface area contributed by atoms with Gasteiger partial charge in [0.15, 0.2) is 0 Å². The van der Waals surface area contributed by atoms with Crippen molar-refractivity contribution < 1.29 is 18.1 Å². The Hall–Kier alpha value is -3.24. The van der Waals surface area contributed by atoms with Gasteiger partial charge in [-0.3, -0.25) is 19.2 Å². The standard InChI is InChI=1S/C21H16BrN3O5S/c22-20-19(12-16-6-3-5-15-4-1-2-7-18(15)16)24(31(29,30)23-21(20)26)13-14-8-10-17(11-9-14)25(27)28/h1-11H,12-13H2,(H,23,26). The summed E-state index contributed by atoms with van der Waals surface area (Å²) in [7, 11) is -4.14. The number of hydrogen-bond acceptors (Lipinski definition) is 5. The van der Waals surface area contributed by atoms with Crippen molar-refractivity contribution >= 4 is 48.5 Å². The predicted octanol–water partition coefficient (Wildman–Crippen LogP) is 3.77. The maximum atomic E-state index is 12.8. The second kappa shape index (κ2) is 8.12. The number of rotatable bonds is 5. The van der Waals surface area contributed by atoms with E-state index in [0.29, 0.717) is 11.3 Å². The van der Waals surface area contributed by atoms with Gasteiger partial charge >= 0.3 is 10.2 Å². The van der Waals surface area contributed by atoms with Crippen molar-refractivity contribution in [2.75, 3.05) is 0 Å². The third-order valence-corrected chi connectivity index (χ3v) is 7.17.